The van der Waals surface area contributed by atoms with E-state index in [2.05, 4.69) is 10.3 Å². The molecule has 7 nitrogen and oxygen atoms in total. The van der Waals surface area contributed by atoms with E-state index in [4.69, 9.17) is 10.5 Å². The number of urea groups is 1. The third kappa shape index (κ3) is 1.97. The summed E-state index contributed by atoms with van der Waals surface area (Å²) in [6, 6.07) is 6.49. The number of carbonyl (C=O) groups is 2. The zero-order chi connectivity index (χ0) is 14.3. The molecule has 2 aliphatic rings. The van der Waals surface area contributed by atoms with Crippen LogP contribution in [-0.2, 0) is 4.79 Å². The van der Waals surface area contributed by atoms with E-state index in [0.29, 0.717) is 16.6 Å². The predicted octanol–water partition coefficient (Wildman–Crippen LogP) is 0.508. The molecule has 0 spiro atoms. The number of rotatable bonds is 2. The fourth-order valence-corrected chi connectivity index (χ4v) is 3.09. The average molecular weight is 292 g/mol. The lowest BCUT2D eigenvalue weighted by molar-refractivity contribution is -0.120. The number of methoxy groups -OCH3 is 1. The third-order valence-corrected chi connectivity index (χ3v) is 4.14. The molecule has 2 aliphatic heterocycles. The second-order valence-corrected chi connectivity index (χ2v) is 5.45. The topological polar surface area (TPSA) is 97.0 Å². The number of amides is 3. The van der Waals surface area contributed by atoms with E-state index in [1.165, 1.54) is 4.90 Å². The van der Waals surface area contributed by atoms with Gasteiger partial charge in [-0.3, -0.25) is 15.0 Å². The number of anilines is 1. The number of nitrogens with zero attached hydrogens (tertiary/aromatic N) is 2. The monoisotopic (exact) mass is 292 g/mol. The summed E-state index contributed by atoms with van der Waals surface area (Å²) in [6.45, 7) is 0. The van der Waals surface area contributed by atoms with Crippen LogP contribution in [0.4, 0.5) is 10.5 Å². The molecule has 1 aromatic rings. The summed E-state index contributed by atoms with van der Waals surface area (Å²) in [6.07, 6.45) is -0.617. The van der Waals surface area contributed by atoms with Gasteiger partial charge in [-0.15, -0.1) is 0 Å². The van der Waals surface area contributed by atoms with Gasteiger partial charge in [0.1, 0.15) is 11.0 Å². The quantitative estimate of drug-likeness (QED) is 0.827. The molecule has 3 rings (SSSR count). The van der Waals surface area contributed by atoms with Gasteiger partial charge in [0.05, 0.1) is 12.8 Å². The minimum absolute atomic E-state index is 0.303. The number of benzene rings is 1. The van der Waals surface area contributed by atoms with Crippen LogP contribution in [0, 0.1) is 0 Å². The van der Waals surface area contributed by atoms with Gasteiger partial charge in [-0.2, -0.15) is 0 Å². The Kier molecular flexibility index (Phi) is 3.01. The highest BCUT2D eigenvalue weighted by molar-refractivity contribution is 8.15. The fraction of sp³-hybridized carbons (Fsp3) is 0.250. The number of amidine groups is 1. The van der Waals surface area contributed by atoms with Gasteiger partial charge < -0.3 is 10.5 Å². The van der Waals surface area contributed by atoms with Gasteiger partial charge >= 0.3 is 6.03 Å². The Morgan fingerprint density at radius 2 is 2.25 bits per heavy atom. The zero-order valence-electron chi connectivity index (χ0n) is 10.6. The van der Waals surface area contributed by atoms with Crippen LogP contribution in [0.25, 0.3) is 0 Å². The molecule has 104 valence electrons. The van der Waals surface area contributed by atoms with Crippen LogP contribution in [0.3, 0.4) is 0 Å². The first-order valence-corrected chi connectivity index (χ1v) is 6.76. The summed E-state index contributed by atoms with van der Waals surface area (Å²) in [5.74, 6) is 0.250. The largest absolute Gasteiger partial charge is 0.497 e. The molecule has 0 radical (unpaired) electrons. The number of thioether (sulfide) groups is 1. The summed E-state index contributed by atoms with van der Waals surface area (Å²) in [5, 5.41) is 2.10. The van der Waals surface area contributed by atoms with E-state index in [1.807, 2.05) is 0 Å². The van der Waals surface area contributed by atoms with Crippen LogP contribution in [0.15, 0.2) is 29.3 Å². The molecule has 0 bridgehead atoms. The lowest BCUT2D eigenvalue weighted by atomic mass is 10.2. The Hall–Kier alpha value is -2.22. The van der Waals surface area contributed by atoms with E-state index in [0.717, 1.165) is 11.8 Å². The minimum Gasteiger partial charge on any atom is -0.497 e. The van der Waals surface area contributed by atoms with Crippen LogP contribution in [0.2, 0.25) is 0 Å². The molecule has 1 saturated heterocycles. The first kappa shape index (κ1) is 12.8. The summed E-state index contributed by atoms with van der Waals surface area (Å²) in [4.78, 5) is 29.5. The number of carbonyl (C=O) groups excluding carboxylic acids is 2. The van der Waals surface area contributed by atoms with Gasteiger partial charge in [-0.1, -0.05) is 17.8 Å². The van der Waals surface area contributed by atoms with E-state index < -0.39 is 17.4 Å². The molecule has 2 atom stereocenters. The van der Waals surface area contributed by atoms with Crippen LogP contribution >= 0.6 is 11.8 Å². The van der Waals surface area contributed by atoms with Gasteiger partial charge in [0.15, 0.2) is 11.3 Å². The van der Waals surface area contributed by atoms with Crippen molar-refractivity contribution in [1.82, 2.24) is 5.32 Å². The number of nitrogens with one attached hydrogen (secondary N) is 1. The SMILES string of the molecule is COc1cccc(N2C(=O)NC(=O)C3SC(N)=NC32)c1. The lowest BCUT2D eigenvalue weighted by Crippen LogP contribution is -2.60. The summed E-state index contributed by atoms with van der Waals surface area (Å²) in [5.41, 5.74) is 6.27. The maximum Gasteiger partial charge on any atom is 0.330 e. The highest BCUT2D eigenvalue weighted by Crippen LogP contribution is 2.34. The van der Waals surface area contributed by atoms with Crippen molar-refractivity contribution in [3.05, 3.63) is 24.3 Å². The fourth-order valence-electron chi connectivity index (χ4n) is 2.19. The number of hydrogen-bond acceptors (Lipinski definition) is 6. The Labute approximate surface area is 119 Å². The predicted molar refractivity (Wildman–Crippen MR) is 75.8 cm³/mol. The molecular weight excluding hydrogens is 280 g/mol. The van der Waals surface area contributed by atoms with Crippen molar-refractivity contribution in [3.8, 4) is 5.75 Å². The molecule has 3 amide bonds. The standard InChI is InChI=1S/C12H12N4O3S/c1-19-7-4-2-3-6(5-7)16-9-8(20-11(13)14-9)10(17)15-12(16)18/h2-5,8-9H,1H3,(H2,13,14)(H,15,17,18). The van der Waals surface area contributed by atoms with Crippen molar-refractivity contribution < 1.29 is 14.3 Å². The second kappa shape index (κ2) is 4.71. The molecule has 0 saturated carbocycles. The van der Waals surface area contributed by atoms with Crippen molar-refractivity contribution in [2.45, 2.75) is 11.4 Å². The molecule has 1 fully saturated rings. The summed E-state index contributed by atoms with van der Waals surface area (Å²) < 4.78 is 5.14. The number of aliphatic imine (C=N–C) groups is 1. The number of ether oxygens (including phenoxy) is 1. The van der Waals surface area contributed by atoms with Crippen LogP contribution in [0.1, 0.15) is 0 Å². The number of fused-ring (bicyclic) bond motifs is 1. The average Bonchev–Trinajstić information content (AvgIpc) is 2.81. The molecule has 1 aromatic carbocycles. The highest BCUT2D eigenvalue weighted by Gasteiger charge is 2.46. The van der Waals surface area contributed by atoms with Crippen molar-refractivity contribution in [2.24, 2.45) is 10.7 Å². The smallest absolute Gasteiger partial charge is 0.330 e. The van der Waals surface area contributed by atoms with Gasteiger partial charge in [0, 0.05) is 6.07 Å². The van der Waals surface area contributed by atoms with Crippen molar-refractivity contribution in [2.75, 3.05) is 12.0 Å². The maximum atomic E-state index is 12.1. The molecule has 0 aliphatic carbocycles. The number of imide groups is 1. The second-order valence-electron chi connectivity index (χ2n) is 4.29. The van der Waals surface area contributed by atoms with Gasteiger partial charge in [0.2, 0.25) is 5.91 Å². The number of nitrogens with two attached hydrogens (primary N) is 1. The number of hydrogen-bond donors (Lipinski definition) is 2. The van der Waals surface area contributed by atoms with Gasteiger partial charge in [0.25, 0.3) is 0 Å². The minimum atomic E-state index is -0.617. The first-order valence-electron chi connectivity index (χ1n) is 5.88. The Bertz CT molecular complexity index is 618. The Morgan fingerprint density at radius 3 is 3.00 bits per heavy atom. The summed E-state index contributed by atoms with van der Waals surface area (Å²) >= 11 is 1.16. The molecule has 8 heteroatoms. The van der Waals surface area contributed by atoms with Gasteiger partial charge in [-0.05, 0) is 12.1 Å². The third-order valence-electron chi connectivity index (χ3n) is 3.08. The van der Waals surface area contributed by atoms with Gasteiger partial charge in [-0.25, -0.2) is 9.79 Å². The van der Waals surface area contributed by atoms with Crippen LogP contribution in [0.5, 0.6) is 5.75 Å². The Morgan fingerprint density at radius 1 is 1.45 bits per heavy atom. The molecular formula is C12H12N4O3S. The van der Waals surface area contributed by atoms with Crippen molar-refractivity contribution in [3.63, 3.8) is 0 Å². The van der Waals surface area contributed by atoms with E-state index in [9.17, 15) is 9.59 Å². The van der Waals surface area contributed by atoms with Crippen molar-refractivity contribution in [1.29, 1.82) is 0 Å². The normalized spacial score (nSPS) is 25.1. The molecule has 0 aromatic heterocycles. The zero-order valence-corrected chi connectivity index (χ0v) is 11.4. The van der Waals surface area contributed by atoms with E-state index in [-0.39, 0.29) is 5.91 Å². The van der Waals surface area contributed by atoms with E-state index in [1.54, 1.807) is 31.4 Å². The highest BCUT2D eigenvalue weighted by atomic mass is 32.2. The van der Waals surface area contributed by atoms with E-state index >= 15 is 0 Å². The molecule has 20 heavy (non-hydrogen) atoms. The van der Waals surface area contributed by atoms with Crippen molar-refractivity contribution >= 4 is 34.6 Å². The summed E-state index contributed by atoms with van der Waals surface area (Å²) in [7, 11) is 1.54. The lowest BCUT2D eigenvalue weighted by Gasteiger charge is -2.34. The Balaban J connectivity index is 2.01. The van der Waals surface area contributed by atoms with Crippen LogP contribution < -0.4 is 20.7 Å². The molecule has 2 heterocycles. The van der Waals surface area contributed by atoms with Crippen LogP contribution in [-0.4, -0.2) is 35.6 Å². The molecule has 3 N–H and O–H groups in total. The first-order chi connectivity index (χ1) is 9.60. The maximum absolute atomic E-state index is 12.1. The molecule has 2 unspecified atom stereocenters.